The molecule has 0 fully saturated rings. The molecule has 0 bridgehead atoms. The van der Waals surface area contributed by atoms with Crippen molar-refractivity contribution >= 4 is 176 Å². The molecule has 0 saturated carbocycles. The Morgan fingerprint density at radius 2 is 1.00 bits per heavy atom. The van der Waals surface area contributed by atoms with E-state index in [0.29, 0.717) is 55.0 Å². The van der Waals surface area contributed by atoms with E-state index in [9.17, 15) is 5.11 Å². The summed E-state index contributed by atoms with van der Waals surface area (Å²) >= 11 is 0. The summed E-state index contributed by atoms with van der Waals surface area (Å²) < 4.78 is 1.73. The van der Waals surface area contributed by atoms with E-state index in [-0.39, 0.29) is 49.8 Å². The van der Waals surface area contributed by atoms with E-state index in [1.54, 1.807) is 22.8 Å². The lowest BCUT2D eigenvalue weighted by molar-refractivity contribution is 0.485. The molecule has 0 spiro atoms. The van der Waals surface area contributed by atoms with Crippen LogP contribution in [0.3, 0.4) is 0 Å². The van der Waals surface area contributed by atoms with Gasteiger partial charge in [0, 0.05) is 5.69 Å². The van der Waals surface area contributed by atoms with Crippen LogP contribution < -0.4 is 38.2 Å². The molecule has 0 unspecified atom stereocenters. The van der Waals surface area contributed by atoms with Crippen LogP contribution in [0.4, 0.5) is 0 Å². The van der Waals surface area contributed by atoms with Crippen LogP contribution in [0.1, 0.15) is 5.82 Å². The molecule has 3 nitrogen and oxygen atoms in total. The Labute approximate surface area is 329 Å². The maximum absolute atomic E-state index is 11.3. The van der Waals surface area contributed by atoms with E-state index < -0.39 is 10.3 Å². The van der Waals surface area contributed by atoms with Crippen LogP contribution in [0.5, 0.6) is 5.75 Å². The molecule has 0 amide bonds. The first-order chi connectivity index (χ1) is 25.5. The van der Waals surface area contributed by atoms with Crippen molar-refractivity contribution in [3.05, 3.63) is 96.8 Å². The van der Waals surface area contributed by atoms with Gasteiger partial charge in [-0.25, -0.2) is 4.98 Å². The number of phenols is 1. The summed E-state index contributed by atoms with van der Waals surface area (Å²) in [6.07, 6.45) is 0. The van der Waals surface area contributed by atoms with Crippen LogP contribution in [-0.4, -0.2) is 109 Å². The molecule has 224 valence electrons. The zero-order chi connectivity index (χ0) is 38.6. The molecule has 0 saturated heterocycles. The molecule has 7 aromatic carbocycles. The van der Waals surface area contributed by atoms with Gasteiger partial charge in [0.15, 0.2) is 0 Å². The fraction of sp³-hybridized carbons (Fsp3) is 0.0513. The average molecular weight is 658 g/mol. The van der Waals surface area contributed by atoms with Crippen LogP contribution in [0.2, 0.25) is 5.11 Å². The van der Waals surface area contributed by atoms with Gasteiger partial charge in [-0.15, -0.1) is 16.0 Å². The molecule has 8 rings (SSSR count). The lowest BCUT2D eigenvalue weighted by Crippen LogP contribution is -2.48. The molecule has 0 aliphatic carbocycles. The highest BCUT2D eigenvalue weighted by atomic mass is 16.3. The molecule has 0 aliphatic heterocycles. The number of hydrogen-bond acceptors (Lipinski definition) is 2. The van der Waals surface area contributed by atoms with Crippen molar-refractivity contribution in [3.8, 4) is 33.7 Å². The number of fused-ring (bicyclic) bond motifs is 4. The summed E-state index contributed by atoms with van der Waals surface area (Å²) in [7, 11) is 78.1. The quantitative estimate of drug-likeness (QED) is 0.194. The third-order valence-corrected chi connectivity index (χ3v) is 10.3. The number of rotatable bonds is 5. The largest absolute Gasteiger partial charge is 0.509 e. The molecule has 24 radical (unpaired) electrons. The zero-order valence-corrected chi connectivity index (χ0v) is 28.9. The Kier molecular flexibility index (Phi) is 8.56. The predicted octanol–water partition coefficient (Wildman–Crippen LogP) is -0.850. The second-order valence-electron chi connectivity index (χ2n) is 13.7. The molecule has 1 heterocycles. The summed E-state index contributed by atoms with van der Waals surface area (Å²) in [6.45, 7) is 0. The zero-order valence-electron chi connectivity index (χ0n) is 28.9. The molecule has 54 heavy (non-hydrogen) atoms. The SMILES string of the molecule is [B]c1c([B])c([B])c2c(-c3ccc(-n4c(C([B])([B])C([B])([B])[B])nc5ccccc54)cc3)c3c([B])c(O)c([B])c([B])c3c(-c3ccc4ccccc4c3)c2c1[B]. The molecule has 0 aliphatic rings. The number of para-hydroxylation sites is 2. The topological polar surface area (TPSA) is 38.0 Å². The number of benzene rings is 7. The van der Waals surface area contributed by atoms with E-state index >= 15 is 0 Å². The Hall–Kier alpha value is -4.63. The Balaban J connectivity index is 1.50. The number of hydrogen-bond donors (Lipinski definition) is 1. The molecular formula is C39H16B12N2O. The van der Waals surface area contributed by atoms with Gasteiger partial charge in [-0.3, -0.25) is 4.57 Å². The first-order valence-electron chi connectivity index (χ1n) is 16.8. The van der Waals surface area contributed by atoms with Gasteiger partial charge in [-0.05, 0) is 90.4 Å². The lowest BCUT2D eigenvalue weighted by Gasteiger charge is -2.41. The lowest BCUT2D eigenvalue weighted by atomic mass is 9.23. The van der Waals surface area contributed by atoms with Crippen LogP contribution in [-0.2, 0) is 5.21 Å². The fourth-order valence-electron chi connectivity index (χ4n) is 7.37. The van der Waals surface area contributed by atoms with Crippen molar-refractivity contribution in [3.63, 3.8) is 0 Å². The van der Waals surface area contributed by atoms with Crippen LogP contribution in [0.25, 0.3) is 71.3 Å². The smallest absolute Gasteiger partial charge is 0.119 e. The Bertz CT molecular complexity index is 2800. The van der Waals surface area contributed by atoms with Crippen LogP contribution in [0, 0.1) is 0 Å². The van der Waals surface area contributed by atoms with Gasteiger partial charge in [0.2, 0.25) is 0 Å². The summed E-state index contributed by atoms with van der Waals surface area (Å²) in [4.78, 5) is 4.67. The molecule has 1 aromatic heterocycles. The van der Waals surface area contributed by atoms with Crippen molar-refractivity contribution < 1.29 is 5.11 Å². The standard InChI is InChI=1S/C39H16B12N2O/c40-29-25-23(17-11-13-20(14-12-17)53-22-8-4-3-7-21(22)52-37(53)38(47,48)39(49,50)51)28-27(31(42)35(46)36(54)32(28)43)24(26(25)30(41)34(45)33(29)44)19-10-9-16-5-1-2-6-18(16)15-19/h1-15,54H. The highest BCUT2D eigenvalue weighted by Gasteiger charge is 2.36. The van der Waals surface area contributed by atoms with E-state index in [0.717, 1.165) is 16.3 Å². The molecular weight excluding hydrogens is 642 g/mol. The second kappa shape index (κ2) is 12.7. The highest BCUT2D eigenvalue weighted by molar-refractivity contribution is 6.69. The van der Waals surface area contributed by atoms with Gasteiger partial charge in [-0.2, -0.15) is 0 Å². The van der Waals surface area contributed by atoms with Crippen LogP contribution >= 0.6 is 0 Å². The Morgan fingerprint density at radius 1 is 0.500 bits per heavy atom. The van der Waals surface area contributed by atoms with Crippen molar-refractivity contribution in [2.75, 3.05) is 0 Å². The van der Waals surface area contributed by atoms with Gasteiger partial charge in [0.1, 0.15) is 66.5 Å². The van der Waals surface area contributed by atoms with E-state index in [1.807, 2.05) is 72.8 Å². The van der Waals surface area contributed by atoms with Crippen LogP contribution in [0.15, 0.2) is 91.0 Å². The van der Waals surface area contributed by atoms with Gasteiger partial charge in [-0.1, -0.05) is 87.7 Å². The molecule has 8 aromatic rings. The first kappa shape index (κ1) is 36.4. The average Bonchev–Trinajstić information content (AvgIpc) is 3.56. The minimum absolute atomic E-state index is 0.0304. The van der Waals surface area contributed by atoms with Gasteiger partial charge in [0.25, 0.3) is 0 Å². The molecule has 1 N–H and O–H groups in total. The monoisotopic (exact) mass is 660 g/mol. The number of aromatic nitrogens is 2. The first-order valence-corrected chi connectivity index (χ1v) is 16.8. The number of aromatic hydroxyl groups is 1. The summed E-state index contributed by atoms with van der Waals surface area (Å²) in [5.74, 6) is -0.264. The third kappa shape index (κ3) is 5.24. The van der Waals surface area contributed by atoms with Crippen molar-refractivity contribution in [2.24, 2.45) is 0 Å². The minimum atomic E-state index is -2.04. The number of imidazole rings is 1. The normalized spacial score (nSPS) is 12.3. The summed E-state index contributed by atoms with van der Waals surface area (Å²) in [5, 5.41) is 11.0. The third-order valence-electron chi connectivity index (χ3n) is 10.3. The minimum Gasteiger partial charge on any atom is -0.509 e. The maximum atomic E-state index is 11.3. The van der Waals surface area contributed by atoms with E-state index in [1.165, 1.54) is 0 Å². The highest BCUT2D eigenvalue weighted by Crippen LogP contribution is 2.43. The van der Waals surface area contributed by atoms with Gasteiger partial charge in [0.05, 0.1) is 50.3 Å². The molecule has 15 heteroatoms. The number of nitrogens with zero attached hydrogens (tertiary/aromatic N) is 2. The van der Waals surface area contributed by atoms with Crippen molar-refractivity contribution in [1.29, 1.82) is 0 Å². The Morgan fingerprint density at radius 3 is 1.61 bits per heavy atom. The van der Waals surface area contributed by atoms with Crippen molar-refractivity contribution in [2.45, 2.75) is 10.3 Å². The summed E-state index contributed by atoms with van der Waals surface area (Å²) in [5.41, 5.74) is 4.64. The summed E-state index contributed by atoms with van der Waals surface area (Å²) in [6, 6.07) is 28.4. The second-order valence-corrected chi connectivity index (χ2v) is 13.7. The predicted molar refractivity (Wildman–Crippen MR) is 237 cm³/mol. The van der Waals surface area contributed by atoms with E-state index in [2.05, 4.69) is 4.98 Å². The van der Waals surface area contributed by atoms with Gasteiger partial charge >= 0.3 is 0 Å². The maximum Gasteiger partial charge on any atom is 0.119 e. The van der Waals surface area contributed by atoms with E-state index in [4.69, 9.17) is 94.2 Å². The van der Waals surface area contributed by atoms with Crippen molar-refractivity contribution in [1.82, 2.24) is 9.55 Å². The molecule has 0 atom stereocenters. The van der Waals surface area contributed by atoms with Gasteiger partial charge < -0.3 is 5.11 Å². The number of phenolic OH excluding ortho intramolecular Hbond substituents is 1. The fourth-order valence-corrected chi connectivity index (χ4v) is 7.37.